The van der Waals surface area contributed by atoms with Crippen LogP contribution in [0.3, 0.4) is 0 Å². The first-order chi connectivity index (χ1) is 17.2. The Bertz CT molecular complexity index is 1090. The first-order valence-corrected chi connectivity index (χ1v) is 16.6. The number of carbonyl (C=O) groups is 2. The Balaban J connectivity index is 2.40. The van der Waals surface area contributed by atoms with Crippen LogP contribution in [0.25, 0.3) is 11.3 Å². The van der Waals surface area contributed by atoms with E-state index < -0.39 is 31.9 Å². The Labute approximate surface area is 229 Å². The Morgan fingerprint density at radius 2 is 1.95 bits per heavy atom. The van der Waals surface area contributed by atoms with Gasteiger partial charge in [-0.3, -0.25) is 5.32 Å². The summed E-state index contributed by atoms with van der Waals surface area (Å²) in [5, 5.41) is 5.57. The second-order valence-electron chi connectivity index (χ2n) is 10.8. The first kappa shape index (κ1) is 30.6. The summed E-state index contributed by atoms with van der Waals surface area (Å²) in [5.74, 6) is 0.623. The number of benzene rings is 1. The largest absolute Gasteiger partial charge is 0.453 e. The summed E-state index contributed by atoms with van der Waals surface area (Å²) >= 11 is 3.58. The van der Waals surface area contributed by atoms with Crippen LogP contribution in [0.15, 0.2) is 41.5 Å². The smallest absolute Gasteiger partial charge is 0.411 e. The van der Waals surface area contributed by atoms with Gasteiger partial charge in [0.1, 0.15) is 18.2 Å². The van der Waals surface area contributed by atoms with Crippen molar-refractivity contribution in [1.29, 1.82) is 0 Å². The Morgan fingerprint density at radius 1 is 1.24 bits per heavy atom. The maximum absolute atomic E-state index is 12.6. The number of alkyl carbamates (subject to hydrolysis) is 1. The summed E-state index contributed by atoms with van der Waals surface area (Å²) in [4.78, 5) is 29.0. The van der Waals surface area contributed by atoms with Gasteiger partial charge in [-0.05, 0) is 51.4 Å². The third-order valence-corrected chi connectivity index (χ3v) is 7.48. The molecule has 0 fully saturated rings. The zero-order valence-electron chi connectivity index (χ0n) is 22.8. The minimum atomic E-state index is -1.24. The minimum absolute atomic E-state index is 0.288. The molecule has 0 saturated carbocycles. The third kappa shape index (κ3) is 10.3. The van der Waals surface area contributed by atoms with Gasteiger partial charge in [0.05, 0.1) is 18.8 Å². The molecule has 1 heterocycles. The van der Waals surface area contributed by atoms with Crippen LogP contribution in [0.2, 0.25) is 25.7 Å². The number of carbonyl (C=O) groups excluding carboxylic acids is 2. The maximum Gasteiger partial charge on any atom is 0.411 e. The van der Waals surface area contributed by atoms with Crippen LogP contribution in [0.1, 0.15) is 39.1 Å². The number of aromatic nitrogens is 2. The van der Waals surface area contributed by atoms with E-state index in [1.807, 2.05) is 37.6 Å². The molecule has 0 radical (unpaired) electrons. The SMILES string of the molecule is C=CC[C@H](NC(=O)OC(C)(C)C)c1nc(-c2ccc(NC(=O)OC)cc2Br)cn1COCC[Si](C)(C)C. The number of imidazole rings is 1. The highest BCUT2D eigenvalue weighted by molar-refractivity contribution is 9.10. The van der Waals surface area contributed by atoms with Crippen molar-refractivity contribution in [3.05, 3.63) is 47.3 Å². The summed E-state index contributed by atoms with van der Waals surface area (Å²) in [7, 11) is 0.0643. The highest BCUT2D eigenvalue weighted by atomic mass is 79.9. The molecule has 0 bridgehead atoms. The monoisotopic (exact) mass is 594 g/mol. The van der Waals surface area contributed by atoms with Crippen molar-refractivity contribution in [2.24, 2.45) is 0 Å². The van der Waals surface area contributed by atoms with E-state index in [0.29, 0.717) is 30.2 Å². The average Bonchev–Trinajstić information content (AvgIpc) is 3.18. The number of methoxy groups -OCH3 is 1. The van der Waals surface area contributed by atoms with E-state index in [9.17, 15) is 9.59 Å². The number of nitrogens with zero attached hydrogens (tertiary/aromatic N) is 2. The number of nitrogens with one attached hydrogen (secondary N) is 2. The minimum Gasteiger partial charge on any atom is -0.453 e. The molecule has 2 aromatic rings. The second kappa shape index (κ2) is 13.2. The molecule has 0 aliphatic carbocycles. The number of rotatable bonds is 11. The molecule has 1 atom stereocenters. The average molecular weight is 596 g/mol. The van der Waals surface area contributed by atoms with E-state index in [1.165, 1.54) is 7.11 Å². The highest BCUT2D eigenvalue weighted by Gasteiger charge is 2.25. The van der Waals surface area contributed by atoms with Gasteiger partial charge in [0.25, 0.3) is 0 Å². The van der Waals surface area contributed by atoms with E-state index in [-0.39, 0.29) is 6.73 Å². The predicted octanol–water partition coefficient (Wildman–Crippen LogP) is 6.95. The molecule has 0 saturated heterocycles. The molecule has 2 amide bonds. The van der Waals surface area contributed by atoms with E-state index in [0.717, 1.165) is 16.1 Å². The van der Waals surface area contributed by atoms with Crippen LogP contribution in [-0.2, 0) is 20.9 Å². The molecule has 0 aliphatic heterocycles. The molecule has 0 spiro atoms. The lowest BCUT2D eigenvalue weighted by molar-refractivity contribution is 0.0492. The zero-order valence-corrected chi connectivity index (χ0v) is 25.4. The fourth-order valence-electron chi connectivity index (χ4n) is 3.30. The van der Waals surface area contributed by atoms with Crippen molar-refractivity contribution in [2.45, 2.75) is 71.3 Å². The van der Waals surface area contributed by atoms with Crippen molar-refractivity contribution < 1.29 is 23.8 Å². The van der Waals surface area contributed by atoms with Crippen LogP contribution in [-0.4, -0.2) is 49.1 Å². The normalized spacial score (nSPS) is 12.5. The molecule has 204 valence electrons. The van der Waals surface area contributed by atoms with Crippen LogP contribution in [0.4, 0.5) is 15.3 Å². The zero-order chi connectivity index (χ0) is 27.8. The summed E-state index contributed by atoms with van der Waals surface area (Å²) in [6, 6.07) is 5.95. The van der Waals surface area contributed by atoms with Crippen LogP contribution < -0.4 is 10.6 Å². The van der Waals surface area contributed by atoms with Gasteiger partial charge < -0.3 is 24.1 Å². The van der Waals surface area contributed by atoms with Crippen LogP contribution >= 0.6 is 15.9 Å². The van der Waals surface area contributed by atoms with Gasteiger partial charge in [0.2, 0.25) is 0 Å². The van der Waals surface area contributed by atoms with Crippen LogP contribution in [0.5, 0.6) is 0 Å². The number of ether oxygens (including phenoxy) is 3. The van der Waals surface area contributed by atoms with Gasteiger partial charge in [-0.25, -0.2) is 14.6 Å². The van der Waals surface area contributed by atoms with Crippen molar-refractivity contribution in [3.63, 3.8) is 0 Å². The highest BCUT2D eigenvalue weighted by Crippen LogP contribution is 2.32. The predicted molar refractivity (Wildman–Crippen MR) is 152 cm³/mol. The fraction of sp³-hybridized carbons (Fsp3) is 0.500. The van der Waals surface area contributed by atoms with Gasteiger partial charge in [-0.1, -0.05) is 41.6 Å². The number of anilines is 1. The molecule has 11 heteroatoms. The number of halogens is 1. The van der Waals surface area contributed by atoms with E-state index in [2.05, 4.69) is 57.5 Å². The van der Waals surface area contributed by atoms with Gasteiger partial charge in [-0.15, -0.1) is 6.58 Å². The molecular formula is C26H39BrN4O5Si. The molecule has 0 aliphatic rings. The van der Waals surface area contributed by atoms with Crippen molar-refractivity contribution in [3.8, 4) is 11.3 Å². The van der Waals surface area contributed by atoms with Gasteiger partial charge >= 0.3 is 12.2 Å². The summed E-state index contributed by atoms with van der Waals surface area (Å²) < 4.78 is 18.8. The number of amides is 2. The van der Waals surface area contributed by atoms with Gasteiger partial charge in [0.15, 0.2) is 0 Å². The molecule has 2 rings (SSSR count). The Morgan fingerprint density at radius 3 is 2.51 bits per heavy atom. The summed E-state index contributed by atoms with van der Waals surface area (Å²) in [6.45, 7) is 17.1. The molecule has 0 unspecified atom stereocenters. The summed E-state index contributed by atoms with van der Waals surface area (Å²) in [6.07, 6.45) is 2.99. The van der Waals surface area contributed by atoms with Gasteiger partial charge in [0, 0.05) is 36.6 Å². The third-order valence-electron chi connectivity index (χ3n) is 5.12. The molecule has 1 aromatic heterocycles. The van der Waals surface area contributed by atoms with E-state index in [4.69, 9.17) is 14.5 Å². The fourth-order valence-corrected chi connectivity index (χ4v) is 4.64. The lowest BCUT2D eigenvalue weighted by Gasteiger charge is -2.23. The number of hydrogen-bond donors (Lipinski definition) is 2. The Kier molecular flexibility index (Phi) is 11.0. The van der Waals surface area contributed by atoms with E-state index >= 15 is 0 Å². The molecule has 2 N–H and O–H groups in total. The Hall–Kier alpha value is -2.63. The first-order valence-electron chi connectivity index (χ1n) is 12.1. The molecule has 37 heavy (non-hydrogen) atoms. The standard InChI is InChI=1S/C26H39BrN4O5Si/c1-9-10-21(30-25(33)36-26(2,3)4)23-29-22(16-31(23)17-35-13-14-37(6,7)8)19-12-11-18(15-20(19)27)28-24(32)34-5/h9,11-12,15-16,21H,1,10,13-14,17H2,2-8H3,(H,28,32)(H,30,33)/t21-/m0/s1. The second-order valence-corrected chi connectivity index (χ2v) is 17.3. The van der Waals surface area contributed by atoms with Crippen LogP contribution in [0, 0.1) is 0 Å². The molecule has 9 nitrogen and oxygen atoms in total. The quantitative estimate of drug-likeness (QED) is 0.166. The molecular weight excluding hydrogens is 556 g/mol. The van der Waals surface area contributed by atoms with Crippen molar-refractivity contribution in [2.75, 3.05) is 19.0 Å². The molecule has 1 aromatic carbocycles. The lowest BCUT2D eigenvalue weighted by Crippen LogP contribution is -2.36. The maximum atomic E-state index is 12.6. The van der Waals surface area contributed by atoms with E-state index in [1.54, 1.807) is 18.2 Å². The van der Waals surface area contributed by atoms with Gasteiger partial charge in [-0.2, -0.15) is 0 Å². The lowest BCUT2D eigenvalue weighted by atomic mass is 10.1. The summed E-state index contributed by atoms with van der Waals surface area (Å²) in [5.41, 5.74) is 1.44. The topological polar surface area (TPSA) is 104 Å². The van der Waals surface area contributed by atoms with Crippen molar-refractivity contribution >= 4 is 41.9 Å². The van der Waals surface area contributed by atoms with Crippen molar-refractivity contribution in [1.82, 2.24) is 14.9 Å². The number of hydrogen-bond acceptors (Lipinski definition) is 6.